The summed E-state index contributed by atoms with van der Waals surface area (Å²) in [5, 5.41) is 2.97. The van der Waals surface area contributed by atoms with Crippen molar-refractivity contribution in [1.82, 2.24) is 5.32 Å². The molecule has 2 aliphatic rings. The zero-order valence-corrected chi connectivity index (χ0v) is 16.8. The van der Waals surface area contributed by atoms with E-state index in [4.69, 9.17) is 9.47 Å². The number of carbonyl (C=O) groups excluding carboxylic acids is 1. The summed E-state index contributed by atoms with van der Waals surface area (Å²) in [5.41, 5.74) is 1.25. The lowest BCUT2D eigenvalue weighted by Crippen LogP contribution is -2.31. The number of halogens is 2. The van der Waals surface area contributed by atoms with E-state index in [1.807, 2.05) is 4.90 Å². The molecule has 2 aromatic rings. The number of ether oxygens (including phenoxy) is 2. The topological polar surface area (TPSA) is 50.8 Å². The quantitative estimate of drug-likeness (QED) is 0.747. The molecule has 2 atom stereocenters. The van der Waals surface area contributed by atoms with Gasteiger partial charge in [0.1, 0.15) is 12.4 Å². The van der Waals surface area contributed by atoms with Crippen molar-refractivity contribution >= 4 is 11.6 Å². The maximum Gasteiger partial charge on any atom is 0.251 e. The zero-order valence-electron chi connectivity index (χ0n) is 16.8. The van der Waals surface area contributed by atoms with Gasteiger partial charge in [0.2, 0.25) is 0 Å². The molecule has 4 rings (SSSR count). The minimum absolute atomic E-state index is 0.132. The number of carbonyl (C=O) groups is 1. The molecular weight excluding hydrogens is 390 g/mol. The number of amides is 1. The number of rotatable bonds is 7. The second-order valence-electron chi connectivity index (χ2n) is 7.88. The van der Waals surface area contributed by atoms with Crippen LogP contribution in [0.1, 0.15) is 29.6 Å². The van der Waals surface area contributed by atoms with Crippen LogP contribution in [0.5, 0.6) is 5.75 Å². The van der Waals surface area contributed by atoms with E-state index in [1.165, 1.54) is 6.07 Å². The van der Waals surface area contributed by atoms with Gasteiger partial charge in [0.25, 0.3) is 5.91 Å². The van der Waals surface area contributed by atoms with E-state index in [9.17, 15) is 13.6 Å². The highest BCUT2D eigenvalue weighted by Gasteiger charge is 2.24. The van der Waals surface area contributed by atoms with Gasteiger partial charge in [0, 0.05) is 43.6 Å². The van der Waals surface area contributed by atoms with Crippen LogP contribution in [0.2, 0.25) is 0 Å². The standard InChI is InChI=1S/C23H26F2N2O3/c24-21-8-5-18(12-22(21)25)27-10-9-16(14-27)13-26-23(28)17-3-6-19(7-4-17)30-15-20-2-1-11-29-20/h3-8,12,16,20H,1-2,9-11,13-15H2,(H,26,28). The fourth-order valence-electron chi connectivity index (χ4n) is 3.92. The van der Waals surface area contributed by atoms with Crippen molar-refractivity contribution in [2.75, 3.05) is 37.7 Å². The van der Waals surface area contributed by atoms with Gasteiger partial charge < -0.3 is 19.7 Å². The van der Waals surface area contributed by atoms with Crippen LogP contribution in [-0.4, -0.2) is 44.9 Å². The molecule has 0 aromatic heterocycles. The van der Waals surface area contributed by atoms with E-state index in [0.717, 1.165) is 44.2 Å². The van der Waals surface area contributed by atoms with Crippen molar-refractivity contribution < 1.29 is 23.0 Å². The van der Waals surface area contributed by atoms with Crippen molar-refractivity contribution in [2.24, 2.45) is 5.92 Å². The summed E-state index contributed by atoms with van der Waals surface area (Å²) in [6, 6.07) is 11.0. The number of nitrogens with one attached hydrogen (secondary N) is 1. The van der Waals surface area contributed by atoms with E-state index in [-0.39, 0.29) is 17.9 Å². The number of hydrogen-bond donors (Lipinski definition) is 1. The Kier molecular flexibility index (Phi) is 6.47. The van der Waals surface area contributed by atoms with Gasteiger partial charge in [-0.25, -0.2) is 8.78 Å². The number of hydrogen-bond acceptors (Lipinski definition) is 4. The highest BCUT2D eigenvalue weighted by Crippen LogP contribution is 2.25. The predicted molar refractivity (Wildman–Crippen MR) is 110 cm³/mol. The van der Waals surface area contributed by atoms with Crippen molar-refractivity contribution in [3.63, 3.8) is 0 Å². The van der Waals surface area contributed by atoms with Gasteiger partial charge in [-0.05, 0) is 61.6 Å². The third-order valence-electron chi connectivity index (χ3n) is 5.68. The minimum Gasteiger partial charge on any atom is -0.491 e. The smallest absolute Gasteiger partial charge is 0.251 e. The Balaban J connectivity index is 1.23. The summed E-state index contributed by atoms with van der Waals surface area (Å²) in [5.74, 6) is -0.833. The van der Waals surface area contributed by atoms with E-state index in [1.54, 1.807) is 30.3 Å². The lowest BCUT2D eigenvalue weighted by molar-refractivity contribution is 0.0679. The number of benzene rings is 2. The number of anilines is 1. The van der Waals surface area contributed by atoms with E-state index < -0.39 is 11.6 Å². The molecule has 5 nitrogen and oxygen atoms in total. The van der Waals surface area contributed by atoms with Crippen molar-refractivity contribution in [2.45, 2.75) is 25.4 Å². The Labute approximate surface area is 175 Å². The molecule has 30 heavy (non-hydrogen) atoms. The largest absolute Gasteiger partial charge is 0.491 e. The molecule has 2 heterocycles. The van der Waals surface area contributed by atoms with Gasteiger partial charge >= 0.3 is 0 Å². The van der Waals surface area contributed by atoms with Gasteiger partial charge in [-0.2, -0.15) is 0 Å². The molecule has 0 spiro atoms. The predicted octanol–water partition coefficient (Wildman–Crippen LogP) is 3.78. The van der Waals surface area contributed by atoms with E-state index in [0.29, 0.717) is 30.9 Å². The van der Waals surface area contributed by atoms with Crippen LogP contribution in [-0.2, 0) is 4.74 Å². The fraction of sp³-hybridized carbons (Fsp3) is 0.435. The average molecular weight is 416 g/mol. The maximum atomic E-state index is 13.5. The Bertz CT molecular complexity index is 869. The highest BCUT2D eigenvalue weighted by molar-refractivity contribution is 5.94. The molecule has 160 valence electrons. The fourth-order valence-corrected chi connectivity index (χ4v) is 3.92. The van der Waals surface area contributed by atoms with Gasteiger partial charge in [-0.1, -0.05) is 0 Å². The molecule has 0 bridgehead atoms. The lowest BCUT2D eigenvalue weighted by atomic mass is 10.1. The average Bonchev–Trinajstić information content (AvgIpc) is 3.45. The Morgan fingerprint density at radius 1 is 1.13 bits per heavy atom. The Hall–Kier alpha value is -2.67. The lowest BCUT2D eigenvalue weighted by Gasteiger charge is -2.19. The summed E-state index contributed by atoms with van der Waals surface area (Å²) in [6.45, 7) is 3.31. The van der Waals surface area contributed by atoms with Crippen molar-refractivity contribution in [3.05, 3.63) is 59.7 Å². The number of nitrogens with zero attached hydrogens (tertiary/aromatic N) is 1. The van der Waals surface area contributed by atoms with Crippen LogP contribution >= 0.6 is 0 Å². The van der Waals surface area contributed by atoms with Crippen molar-refractivity contribution in [3.8, 4) is 5.75 Å². The SMILES string of the molecule is O=C(NCC1CCN(c2ccc(F)c(F)c2)C1)c1ccc(OCC2CCCO2)cc1. The molecule has 2 fully saturated rings. The van der Waals surface area contributed by atoms with Crippen LogP contribution in [0.15, 0.2) is 42.5 Å². The first-order valence-corrected chi connectivity index (χ1v) is 10.4. The molecule has 0 aliphatic carbocycles. The minimum atomic E-state index is -0.843. The Morgan fingerprint density at radius 3 is 2.70 bits per heavy atom. The third-order valence-corrected chi connectivity index (χ3v) is 5.68. The van der Waals surface area contributed by atoms with Crippen LogP contribution in [0.4, 0.5) is 14.5 Å². The maximum absolute atomic E-state index is 13.5. The van der Waals surface area contributed by atoms with Crippen LogP contribution < -0.4 is 15.0 Å². The van der Waals surface area contributed by atoms with Gasteiger partial charge in [0.15, 0.2) is 11.6 Å². The third kappa shape index (κ3) is 5.08. The Morgan fingerprint density at radius 2 is 1.97 bits per heavy atom. The molecular formula is C23H26F2N2O3. The summed E-state index contributed by atoms with van der Waals surface area (Å²) in [6.07, 6.45) is 3.14. The zero-order chi connectivity index (χ0) is 20.9. The molecule has 1 N–H and O–H groups in total. The summed E-state index contributed by atoms with van der Waals surface area (Å²) in [7, 11) is 0. The molecule has 2 saturated heterocycles. The summed E-state index contributed by atoms with van der Waals surface area (Å²) >= 11 is 0. The molecule has 0 radical (unpaired) electrons. The van der Waals surface area contributed by atoms with Gasteiger partial charge in [-0.15, -0.1) is 0 Å². The second kappa shape index (κ2) is 9.43. The highest BCUT2D eigenvalue weighted by atomic mass is 19.2. The van der Waals surface area contributed by atoms with E-state index in [2.05, 4.69) is 5.32 Å². The van der Waals surface area contributed by atoms with Crippen molar-refractivity contribution in [1.29, 1.82) is 0 Å². The molecule has 2 aromatic carbocycles. The summed E-state index contributed by atoms with van der Waals surface area (Å²) in [4.78, 5) is 14.4. The first kappa shape index (κ1) is 20.6. The second-order valence-corrected chi connectivity index (χ2v) is 7.88. The first-order valence-electron chi connectivity index (χ1n) is 10.4. The van der Waals surface area contributed by atoms with E-state index >= 15 is 0 Å². The summed E-state index contributed by atoms with van der Waals surface area (Å²) < 4.78 is 37.8. The van der Waals surface area contributed by atoms with Gasteiger partial charge in [-0.3, -0.25) is 4.79 Å². The normalized spacial score (nSPS) is 21.1. The molecule has 2 unspecified atom stereocenters. The molecule has 7 heteroatoms. The first-order chi connectivity index (χ1) is 14.6. The van der Waals surface area contributed by atoms with Crippen LogP contribution in [0, 0.1) is 17.6 Å². The molecule has 1 amide bonds. The molecule has 2 aliphatic heterocycles. The monoisotopic (exact) mass is 416 g/mol. The van der Waals surface area contributed by atoms with Gasteiger partial charge in [0.05, 0.1) is 6.10 Å². The molecule has 0 saturated carbocycles. The van der Waals surface area contributed by atoms with Crippen LogP contribution in [0.25, 0.3) is 0 Å². The van der Waals surface area contributed by atoms with Crippen LogP contribution in [0.3, 0.4) is 0 Å².